The lowest BCUT2D eigenvalue weighted by atomic mass is 10.0. The molecule has 1 aliphatic heterocycles. The standard InChI is InChI=1S/C11H12FN/c1-8-4-10(6-11(12)5-8)9-2-3-13-7-9/h2,4-6,13H,3,7H2,1H3. The second-order valence-electron chi connectivity index (χ2n) is 3.38. The third-order valence-corrected chi connectivity index (χ3v) is 2.22. The lowest BCUT2D eigenvalue weighted by Crippen LogP contribution is -2.07. The number of nitrogens with one attached hydrogen (secondary N) is 1. The van der Waals surface area contributed by atoms with Gasteiger partial charge in [0.2, 0.25) is 0 Å². The topological polar surface area (TPSA) is 12.0 Å². The Morgan fingerprint density at radius 2 is 2.15 bits per heavy atom. The second kappa shape index (κ2) is 3.30. The van der Waals surface area contributed by atoms with Crippen molar-refractivity contribution in [1.82, 2.24) is 5.32 Å². The van der Waals surface area contributed by atoms with E-state index < -0.39 is 0 Å². The molecule has 0 aromatic heterocycles. The summed E-state index contributed by atoms with van der Waals surface area (Å²) in [4.78, 5) is 0. The van der Waals surface area contributed by atoms with Gasteiger partial charge in [0.25, 0.3) is 0 Å². The number of aryl methyl sites for hydroxylation is 1. The molecule has 2 heteroatoms. The Balaban J connectivity index is 2.39. The van der Waals surface area contributed by atoms with Crippen molar-refractivity contribution in [2.75, 3.05) is 13.1 Å². The molecule has 0 bridgehead atoms. The van der Waals surface area contributed by atoms with Crippen LogP contribution in [0.1, 0.15) is 11.1 Å². The molecule has 0 saturated heterocycles. The number of halogens is 1. The van der Waals surface area contributed by atoms with Gasteiger partial charge < -0.3 is 5.32 Å². The van der Waals surface area contributed by atoms with E-state index in [1.807, 2.05) is 13.0 Å². The Morgan fingerprint density at radius 1 is 1.31 bits per heavy atom. The minimum atomic E-state index is -0.150. The van der Waals surface area contributed by atoms with Gasteiger partial charge >= 0.3 is 0 Å². The molecule has 2 rings (SSSR count). The van der Waals surface area contributed by atoms with Gasteiger partial charge in [0, 0.05) is 13.1 Å². The summed E-state index contributed by atoms with van der Waals surface area (Å²) in [7, 11) is 0. The van der Waals surface area contributed by atoms with E-state index in [0.717, 1.165) is 24.2 Å². The molecule has 0 atom stereocenters. The molecule has 0 unspecified atom stereocenters. The average Bonchev–Trinajstić information content (AvgIpc) is 2.53. The monoisotopic (exact) mass is 177 g/mol. The molecule has 1 aromatic carbocycles. The fraction of sp³-hybridized carbons (Fsp3) is 0.273. The van der Waals surface area contributed by atoms with Crippen LogP contribution in [0.15, 0.2) is 24.3 Å². The molecular weight excluding hydrogens is 165 g/mol. The maximum absolute atomic E-state index is 13.0. The maximum Gasteiger partial charge on any atom is 0.124 e. The van der Waals surface area contributed by atoms with E-state index in [9.17, 15) is 4.39 Å². The first kappa shape index (κ1) is 8.45. The van der Waals surface area contributed by atoms with Gasteiger partial charge in [0.15, 0.2) is 0 Å². The molecule has 68 valence electrons. The Hall–Kier alpha value is -1.15. The van der Waals surface area contributed by atoms with Crippen molar-refractivity contribution in [1.29, 1.82) is 0 Å². The van der Waals surface area contributed by atoms with Crippen molar-refractivity contribution in [2.24, 2.45) is 0 Å². The number of benzene rings is 1. The van der Waals surface area contributed by atoms with Gasteiger partial charge in [-0.2, -0.15) is 0 Å². The summed E-state index contributed by atoms with van der Waals surface area (Å²) in [5.74, 6) is -0.150. The highest BCUT2D eigenvalue weighted by molar-refractivity contribution is 5.69. The van der Waals surface area contributed by atoms with Crippen LogP contribution in [0.2, 0.25) is 0 Å². The zero-order chi connectivity index (χ0) is 9.26. The Kier molecular flexibility index (Phi) is 2.15. The van der Waals surface area contributed by atoms with Crippen molar-refractivity contribution in [3.8, 4) is 0 Å². The molecular formula is C11H12FN. The van der Waals surface area contributed by atoms with Gasteiger partial charge in [0.1, 0.15) is 5.82 Å². The molecule has 1 aromatic rings. The SMILES string of the molecule is Cc1cc(F)cc(C2=CCNC2)c1. The van der Waals surface area contributed by atoms with Crippen LogP contribution >= 0.6 is 0 Å². The molecule has 0 radical (unpaired) electrons. The summed E-state index contributed by atoms with van der Waals surface area (Å²) < 4.78 is 13.0. The summed E-state index contributed by atoms with van der Waals surface area (Å²) in [5.41, 5.74) is 3.17. The minimum Gasteiger partial charge on any atom is -0.309 e. The summed E-state index contributed by atoms with van der Waals surface area (Å²) in [6, 6.07) is 5.15. The highest BCUT2D eigenvalue weighted by atomic mass is 19.1. The highest BCUT2D eigenvalue weighted by Gasteiger charge is 2.07. The van der Waals surface area contributed by atoms with E-state index in [4.69, 9.17) is 0 Å². The molecule has 0 spiro atoms. The van der Waals surface area contributed by atoms with Crippen LogP contribution < -0.4 is 5.32 Å². The maximum atomic E-state index is 13.0. The van der Waals surface area contributed by atoms with Gasteiger partial charge in [-0.3, -0.25) is 0 Å². The highest BCUT2D eigenvalue weighted by Crippen LogP contribution is 2.18. The van der Waals surface area contributed by atoms with Gasteiger partial charge in [0.05, 0.1) is 0 Å². The number of rotatable bonds is 1. The third-order valence-electron chi connectivity index (χ3n) is 2.22. The van der Waals surface area contributed by atoms with Crippen LogP contribution in [0.5, 0.6) is 0 Å². The number of hydrogen-bond donors (Lipinski definition) is 1. The average molecular weight is 177 g/mol. The number of hydrogen-bond acceptors (Lipinski definition) is 1. The van der Waals surface area contributed by atoms with Crippen molar-refractivity contribution >= 4 is 5.57 Å². The Morgan fingerprint density at radius 3 is 2.77 bits per heavy atom. The van der Waals surface area contributed by atoms with Gasteiger partial charge in [-0.05, 0) is 35.8 Å². The van der Waals surface area contributed by atoms with Gasteiger partial charge in [-0.25, -0.2) is 4.39 Å². The van der Waals surface area contributed by atoms with Crippen molar-refractivity contribution in [3.05, 3.63) is 41.2 Å². The summed E-state index contributed by atoms with van der Waals surface area (Å²) in [6.45, 7) is 3.66. The lowest BCUT2D eigenvalue weighted by molar-refractivity contribution is 0.626. The summed E-state index contributed by atoms with van der Waals surface area (Å²) in [6.07, 6.45) is 2.11. The van der Waals surface area contributed by atoms with Crippen LogP contribution in [0.3, 0.4) is 0 Å². The fourth-order valence-corrected chi connectivity index (χ4v) is 1.62. The predicted octanol–water partition coefficient (Wildman–Crippen LogP) is 2.12. The lowest BCUT2D eigenvalue weighted by Gasteiger charge is -2.03. The normalized spacial score (nSPS) is 16.0. The van der Waals surface area contributed by atoms with Crippen molar-refractivity contribution < 1.29 is 4.39 Å². The molecule has 13 heavy (non-hydrogen) atoms. The fourth-order valence-electron chi connectivity index (χ4n) is 1.62. The molecule has 0 amide bonds. The largest absolute Gasteiger partial charge is 0.309 e. The van der Waals surface area contributed by atoms with E-state index in [-0.39, 0.29) is 5.82 Å². The zero-order valence-corrected chi connectivity index (χ0v) is 7.60. The minimum absolute atomic E-state index is 0.150. The second-order valence-corrected chi connectivity index (χ2v) is 3.38. The van der Waals surface area contributed by atoms with Crippen molar-refractivity contribution in [3.63, 3.8) is 0 Å². The summed E-state index contributed by atoms with van der Waals surface area (Å²) >= 11 is 0. The zero-order valence-electron chi connectivity index (χ0n) is 7.60. The molecule has 1 nitrogen and oxygen atoms in total. The molecule has 1 aliphatic rings. The van der Waals surface area contributed by atoms with Crippen LogP contribution in [0.25, 0.3) is 5.57 Å². The third kappa shape index (κ3) is 1.78. The first-order valence-corrected chi connectivity index (χ1v) is 4.43. The van der Waals surface area contributed by atoms with Gasteiger partial charge in [-0.15, -0.1) is 0 Å². The first-order valence-electron chi connectivity index (χ1n) is 4.43. The molecule has 0 saturated carbocycles. The first-order chi connectivity index (χ1) is 6.25. The van der Waals surface area contributed by atoms with E-state index in [1.165, 1.54) is 5.57 Å². The van der Waals surface area contributed by atoms with Crippen LogP contribution in [-0.2, 0) is 0 Å². The van der Waals surface area contributed by atoms with Crippen LogP contribution in [-0.4, -0.2) is 13.1 Å². The smallest absolute Gasteiger partial charge is 0.124 e. The van der Waals surface area contributed by atoms with Crippen molar-refractivity contribution in [2.45, 2.75) is 6.92 Å². The van der Waals surface area contributed by atoms with Gasteiger partial charge in [-0.1, -0.05) is 12.1 Å². The van der Waals surface area contributed by atoms with E-state index in [1.54, 1.807) is 12.1 Å². The van der Waals surface area contributed by atoms with Crippen LogP contribution in [0.4, 0.5) is 4.39 Å². The quantitative estimate of drug-likeness (QED) is 0.692. The van der Waals surface area contributed by atoms with E-state index >= 15 is 0 Å². The molecule has 1 heterocycles. The van der Waals surface area contributed by atoms with Crippen LogP contribution in [0, 0.1) is 12.7 Å². The van der Waals surface area contributed by atoms with E-state index in [0.29, 0.717) is 0 Å². The summed E-state index contributed by atoms with van der Waals surface area (Å²) in [5, 5.41) is 3.19. The van der Waals surface area contributed by atoms with E-state index in [2.05, 4.69) is 11.4 Å². The Labute approximate surface area is 77.3 Å². The molecule has 1 N–H and O–H groups in total. The molecule has 0 fully saturated rings. The molecule has 0 aliphatic carbocycles. The Bertz CT molecular complexity index is 335. The predicted molar refractivity (Wildman–Crippen MR) is 52.0 cm³/mol.